The summed E-state index contributed by atoms with van der Waals surface area (Å²) in [5, 5.41) is -0.746. The van der Waals surface area contributed by atoms with Crippen LogP contribution < -0.4 is 5.56 Å². The van der Waals surface area contributed by atoms with E-state index in [2.05, 4.69) is 0 Å². The third-order valence-corrected chi connectivity index (χ3v) is 1.56. The maximum absolute atomic E-state index is 12.5. The smallest absolute Gasteiger partial charge is 0.279 e. The first kappa shape index (κ1) is 9.12. The average Bonchev–Trinajstić information content (AvgIpc) is 1.96. The Morgan fingerprint density at radius 3 is 2.58 bits per heavy atom. The number of aromatic nitrogens is 1. The van der Waals surface area contributed by atoms with Crippen LogP contribution in [0.3, 0.4) is 0 Å². The van der Waals surface area contributed by atoms with Crippen LogP contribution in [0.4, 0.5) is 13.2 Å². The van der Waals surface area contributed by atoms with Gasteiger partial charge in [0.25, 0.3) is 12.0 Å². The van der Waals surface area contributed by atoms with Crippen LogP contribution in [0.1, 0.15) is 12.1 Å². The van der Waals surface area contributed by atoms with E-state index in [1.54, 1.807) is 4.98 Å². The van der Waals surface area contributed by atoms with Gasteiger partial charge in [-0.2, -0.15) is 0 Å². The lowest BCUT2D eigenvalue weighted by Crippen LogP contribution is -2.10. The summed E-state index contributed by atoms with van der Waals surface area (Å²) in [4.78, 5) is 12.2. The molecular weight excluding hydrogens is 195 g/mol. The number of H-pyrrole nitrogens is 1. The van der Waals surface area contributed by atoms with E-state index < -0.39 is 28.5 Å². The molecule has 1 N–H and O–H groups in total. The summed E-state index contributed by atoms with van der Waals surface area (Å²) in [6.45, 7) is 0. The number of hydrogen-bond acceptors (Lipinski definition) is 1. The second-order valence-electron chi connectivity index (χ2n) is 2.01. The maximum Gasteiger partial charge on any atom is 0.279 e. The normalized spacial score (nSPS) is 10.8. The van der Waals surface area contributed by atoms with Crippen molar-refractivity contribution < 1.29 is 13.2 Å². The third kappa shape index (κ3) is 1.61. The molecule has 1 rings (SSSR count). The molecule has 0 aliphatic heterocycles. The summed E-state index contributed by atoms with van der Waals surface area (Å²) in [7, 11) is 0. The monoisotopic (exact) mass is 197 g/mol. The third-order valence-electron chi connectivity index (χ3n) is 1.18. The Balaban J connectivity index is 3.38. The van der Waals surface area contributed by atoms with Crippen molar-refractivity contribution in [3.05, 3.63) is 33.0 Å². The van der Waals surface area contributed by atoms with Crippen molar-refractivity contribution in [2.24, 2.45) is 0 Å². The molecule has 6 heteroatoms. The predicted octanol–water partition coefficient (Wildman–Crippen LogP) is 2.10. The lowest BCUT2D eigenvalue weighted by molar-refractivity contribution is 0.145. The molecule has 66 valence electrons. The highest BCUT2D eigenvalue weighted by Gasteiger charge is 2.16. The molecule has 1 heterocycles. The van der Waals surface area contributed by atoms with Gasteiger partial charge in [0.15, 0.2) is 0 Å². The van der Waals surface area contributed by atoms with Crippen LogP contribution in [0, 0.1) is 5.82 Å². The summed E-state index contributed by atoms with van der Waals surface area (Å²) < 4.78 is 36.4. The minimum Gasteiger partial charge on any atom is -0.320 e. The fourth-order valence-corrected chi connectivity index (χ4v) is 0.865. The van der Waals surface area contributed by atoms with E-state index in [4.69, 9.17) is 11.6 Å². The van der Waals surface area contributed by atoms with Crippen LogP contribution in [0.2, 0.25) is 5.02 Å². The summed E-state index contributed by atoms with van der Waals surface area (Å²) in [6.07, 6.45) is -2.99. The minimum absolute atomic E-state index is 0.508. The number of halogens is 4. The number of nitrogens with one attached hydrogen (secondary N) is 1. The second kappa shape index (κ2) is 3.18. The molecule has 0 bridgehead atoms. The van der Waals surface area contributed by atoms with Crippen LogP contribution in [0.25, 0.3) is 0 Å². The van der Waals surface area contributed by atoms with Gasteiger partial charge in [0, 0.05) is 6.07 Å². The first-order chi connectivity index (χ1) is 5.52. The molecule has 0 fully saturated rings. The van der Waals surface area contributed by atoms with E-state index in [0.717, 1.165) is 0 Å². The Kier molecular flexibility index (Phi) is 2.42. The fraction of sp³-hybridized carbons (Fsp3) is 0.167. The molecule has 0 saturated heterocycles. The average molecular weight is 198 g/mol. The van der Waals surface area contributed by atoms with Gasteiger partial charge in [-0.3, -0.25) is 4.79 Å². The van der Waals surface area contributed by atoms with Crippen LogP contribution in [0.15, 0.2) is 10.9 Å². The van der Waals surface area contributed by atoms with E-state index in [1.807, 2.05) is 0 Å². The topological polar surface area (TPSA) is 32.9 Å². The molecule has 0 aliphatic rings. The van der Waals surface area contributed by atoms with E-state index in [0.29, 0.717) is 6.07 Å². The lowest BCUT2D eigenvalue weighted by atomic mass is 10.3. The van der Waals surface area contributed by atoms with E-state index in [9.17, 15) is 18.0 Å². The zero-order chi connectivity index (χ0) is 9.30. The fourth-order valence-electron chi connectivity index (χ4n) is 0.681. The van der Waals surface area contributed by atoms with Gasteiger partial charge in [0.1, 0.15) is 16.5 Å². The number of aromatic amines is 1. The number of rotatable bonds is 1. The van der Waals surface area contributed by atoms with Gasteiger partial charge in [-0.25, -0.2) is 13.2 Å². The van der Waals surface area contributed by atoms with Crippen molar-refractivity contribution in [3.63, 3.8) is 0 Å². The van der Waals surface area contributed by atoms with Gasteiger partial charge in [0.2, 0.25) is 0 Å². The summed E-state index contributed by atoms with van der Waals surface area (Å²) >= 11 is 5.14. The van der Waals surface area contributed by atoms with E-state index in [-0.39, 0.29) is 0 Å². The van der Waals surface area contributed by atoms with Crippen LogP contribution in [-0.2, 0) is 0 Å². The number of hydrogen-bond donors (Lipinski definition) is 1. The number of alkyl halides is 2. The van der Waals surface area contributed by atoms with Gasteiger partial charge >= 0.3 is 0 Å². The Hall–Kier alpha value is -0.970. The first-order valence-electron chi connectivity index (χ1n) is 2.88. The SMILES string of the molecule is O=c1cc(F)c(Cl)c(C(F)F)[nH]1. The summed E-state index contributed by atoms with van der Waals surface area (Å²) in [5.74, 6) is -1.14. The van der Waals surface area contributed by atoms with Crippen LogP contribution in [-0.4, -0.2) is 4.98 Å². The van der Waals surface area contributed by atoms with Gasteiger partial charge in [-0.05, 0) is 0 Å². The standard InChI is InChI=1S/C6H3ClF3NO/c7-4-2(8)1-3(12)11-5(4)6(9)10/h1,6H,(H,11,12). The van der Waals surface area contributed by atoms with Crippen molar-refractivity contribution in [1.82, 2.24) is 4.98 Å². The molecule has 0 aliphatic carbocycles. The largest absolute Gasteiger partial charge is 0.320 e. The molecule has 0 spiro atoms. The Morgan fingerprint density at radius 1 is 1.50 bits per heavy atom. The highest BCUT2D eigenvalue weighted by molar-refractivity contribution is 6.31. The maximum atomic E-state index is 12.5. The molecule has 0 atom stereocenters. The van der Waals surface area contributed by atoms with Gasteiger partial charge in [-0.15, -0.1) is 0 Å². The molecule has 1 aromatic heterocycles. The summed E-state index contributed by atoms with van der Waals surface area (Å²) in [5.41, 5.74) is -1.83. The van der Waals surface area contributed by atoms with Gasteiger partial charge < -0.3 is 4.98 Å². The van der Waals surface area contributed by atoms with Gasteiger partial charge in [-0.1, -0.05) is 11.6 Å². The highest BCUT2D eigenvalue weighted by Crippen LogP contribution is 2.25. The van der Waals surface area contributed by atoms with Crippen molar-refractivity contribution in [3.8, 4) is 0 Å². The van der Waals surface area contributed by atoms with Crippen molar-refractivity contribution in [1.29, 1.82) is 0 Å². The second-order valence-corrected chi connectivity index (χ2v) is 2.39. The van der Waals surface area contributed by atoms with E-state index in [1.165, 1.54) is 0 Å². The lowest BCUT2D eigenvalue weighted by Gasteiger charge is -2.01. The molecule has 12 heavy (non-hydrogen) atoms. The van der Waals surface area contributed by atoms with Crippen LogP contribution >= 0.6 is 11.6 Å². The molecule has 0 amide bonds. The Morgan fingerprint density at radius 2 is 2.08 bits per heavy atom. The number of pyridine rings is 1. The molecule has 0 saturated carbocycles. The minimum atomic E-state index is -2.99. The van der Waals surface area contributed by atoms with Gasteiger partial charge in [0.05, 0.1) is 0 Å². The van der Waals surface area contributed by atoms with Crippen molar-refractivity contribution in [2.45, 2.75) is 6.43 Å². The molecule has 1 aromatic rings. The zero-order valence-electron chi connectivity index (χ0n) is 5.57. The molecular formula is C6H3ClF3NO. The quantitative estimate of drug-likeness (QED) is 0.735. The molecule has 0 unspecified atom stereocenters. The highest BCUT2D eigenvalue weighted by atomic mass is 35.5. The van der Waals surface area contributed by atoms with Crippen molar-refractivity contribution >= 4 is 11.6 Å². The van der Waals surface area contributed by atoms with Crippen LogP contribution in [0.5, 0.6) is 0 Å². The zero-order valence-corrected chi connectivity index (χ0v) is 6.33. The van der Waals surface area contributed by atoms with Crippen molar-refractivity contribution in [2.75, 3.05) is 0 Å². The molecule has 0 radical (unpaired) electrons. The predicted molar refractivity (Wildman–Crippen MR) is 37.0 cm³/mol. The Bertz CT molecular complexity index is 349. The first-order valence-corrected chi connectivity index (χ1v) is 3.26. The molecule has 2 nitrogen and oxygen atoms in total. The van der Waals surface area contributed by atoms with E-state index >= 15 is 0 Å². The molecule has 0 aromatic carbocycles. The Labute approximate surface area is 70.0 Å². The summed E-state index contributed by atoms with van der Waals surface area (Å²) in [6, 6.07) is 0.508.